The first-order valence-corrected chi connectivity index (χ1v) is 9.25. The minimum Gasteiger partial charge on any atom is -0.478 e. The van der Waals surface area contributed by atoms with Crippen molar-refractivity contribution in [3.05, 3.63) is 28.2 Å². The van der Waals surface area contributed by atoms with Gasteiger partial charge in [0.1, 0.15) is 0 Å². The number of thioether (sulfide) groups is 1. The molecule has 0 bridgehead atoms. The first-order chi connectivity index (χ1) is 9.32. The van der Waals surface area contributed by atoms with E-state index in [0.29, 0.717) is 17.6 Å². The number of benzene rings is 1. The van der Waals surface area contributed by atoms with Crippen molar-refractivity contribution in [1.82, 2.24) is 4.31 Å². The maximum absolute atomic E-state index is 12.5. The lowest BCUT2D eigenvalue weighted by molar-refractivity contribution is 0.0695. The molecule has 0 aliphatic carbocycles. The van der Waals surface area contributed by atoms with E-state index in [2.05, 4.69) is 15.9 Å². The summed E-state index contributed by atoms with van der Waals surface area (Å²) >= 11 is 4.85. The minimum absolute atomic E-state index is 0.0252. The van der Waals surface area contributed by atoms with E-state index in [1.54, 1.807) is 11.8 Å². The summed E-state index contributed by atoms with van der Waals surface area (Å²) in [5, 5.41) is 9.31. The largest absolute Gasteiger partial charge is 0.478 e. The van der Waals surface area contributed by atoms with Crippen molar-refractivity contribution < 1.29 is 18.3 Å². The molecule has 110 valence electrons. The lowest BCUT2D eigenvalue weighted by atomic mass is 10.2. The van der Waals surface area contributed by atoms with Crippen LogP contribution < -0.4 is 0 Å². The highest BCUT2D eigenvalue weighted by Gasteiger charge is 2.29. The van der Waals surface area contributed by atoms with Crippen LogP contribution in [0.25, 0.3) is 0 Å². The zero-order chi connectivity index (χ0) is 14.9. The van der Waals surface area contributed by atoms with Crippen molar-refractivity contribution in [2.45, 2.75) is 17.1 Å². The third kappa shape index (κ3) is 3.19. The summed E-state index contributed by atoms with van der Waals surface area (Å²) in [7, 11) is -3.63. The van der Waals surface area contributed by atoms with Crippen molar-refractivity contribution in [2.75, 3.05) is 18.8 Å². The Bertz CT molecular complexity index is 632. The Hall–Kier alpha value is -0.570. The van der Waals surface area contributed by atoms with E-state index in [-0.39, 0.29) is 15.7 Å². The van der Waals surface area contributed by atoms with Crippen LogP contribution >= 0.6 is 27.7 Å². The smallest absolute Gasteiger partial charge is 0.336 e. The monoisotopic (exact) mass is 379 g/mol. The summed E-state index contributed by atoms with van der Waals surface area (Å²) in [4.78, 5) is 11.1. The van der Waals surface area contributed by atoms with E-state index < -0.39 is 16.0 Å². The Labute approximate surface area is 130 Å². The molecule has 1 atom stereocenters. The van der Waals surface area contributed by atoms with Gasteiger partial charge >= 0.3 is 5.97 Å². The molecule has 5 nitrogen and oxygen atoms in total. The fourth-order valence-corrected chi connectivity index (χ4v) is 5.18. The summed E-state index contributed by atoms with van der Waals surface area (Å²) in [5.41, 5.74) is -0.0505. The average Bonchev–Trinajstić information content (AvgIpc) is 2.38. The maximum Gasteiger partial charge on any atom is 0.336 e. The third-order valence-corrected chi connectivity index (χ3v) is 6.70. The van der Waals surface area contributed by atoms with Gasteiger partial charge in [0.15, 0.2) is 0 Å². The molecule has 1 heterocycles. The van der Waals surface area contributed by atoms with Gasteiger partial charge in [0.05, 0.1) is 10.5 Å². The van der Waals surface area contributed by atoms with Gasteiger partial charge in [-0.1, -0.05) is 6.92 Å². The van der Waals surface area contributed by atoms with Gasteiger partial charge in [0.25, 0.3) is 0 Å². The first kappa shape index (κ1) is 15.8. The fourth-order valence-electron chi connectivity index (χ4n) is 1.98. The summed E-state index contributed by atoms with van der Waals surface area (Å²) in [6, 6.07) is 4.09. The molecule has 1 aliphatic rings. The van der Waals surface area contributed by atoms with Gasteiger partial charge in [-0.3, -0.25) is 0 Å². The van der Waals surface area contributed by atoms with Gasteiger partial charge in [-0.05, 0) is 34.1 Å². The van der Waals surface area contributed by atoms with E-state index in [4.69, 9.17) is 5.11 Å². The van der Waals surface area contributed by atoms with Crippen molar-refractivity contribution in [1.29, 1.82) is 0 Å². The average molecular weight is 380 g/mol. The Kier molecular flexibility index (Phi) is 4.78. The minimum atomic E-state index is -3.63. The van der Waals surface area contributed by atoms with Crippen LogP contribution in [0.3, 0.4) is 0 Å². The van der Waals surface area contributed by atoms with Crippen LogP contribution in [0.15, 0.2) is 27.6 Å². The van der Waals surface area contributed by atoms with Gasteiger partial charge in [-0.15, -0.1) is 0 Å². The molecule has 2 rings (SSSR count). The van der Waals surface area contributed by atoms with E-state index in [1.807, 2.05) is 6.92 Å². The fraction of sp³-hybridized carbons (Fsp3) is 0.417. The molecule has 1 unspecified atom stereocenters. The van der Waals surface area contributed by atoms with Gasteiger partial charge in [0, 0.05) is 28.6 Å². The van der Waals surface area contributed by atoms with Crippen LogP contribution in [0, 0.1) is 0 Å². The molecule has 1 aromatic rings. The number of halogens is 1. The van der Waals surface area contributed by atoms with Crippen LogP contribution in [-0.4, -0.2) is 47.9 Å². The zero-order valence-electron chi connectivity index (χ0n) is 10.7. The predicted molar refractivity (Wildman–Crippen MR) is 81.8 cm³/mol. The van der Waals surface area contributed by atoms with E-state index >= 15 is 0 Å². The quantitative estimate of drug-likeness (QED) is 0.871. The normalized spacial score (nSPS) is 20.8. The Morgan fingerprint density at radius 3 is 2.80 bits per heavy atom. The second-order valence-electron chi connectivity index (χ2n) is 4.49. The van der Waals surface area contributed by atoms with E-state index in [1.165, 1.54) is 22.5 Å². The van der Waals surface area contributed by atoms with E-state index in [0.717, 1.165) is 5.75 Å². The standard InChI is InChI=1S/C12H14BrNO4S2/c1-8-7-14(4-5-19-8)20(17,18)9-2-3-11(13)10(6-9)12(15)16/h2-3,6,8H,4-5,7H2,1H3,(H,15,16). The molecule has 0 spiro atoms. The van der Waals surface area contributed by atoms with Gasteiger partial charge in [-0.2, -0.15) is 16.1 Å². The SMILES string of the molecule is CC1CN(S(=O)(=O)c2ccc(Br)c(C(=O)O)c2)CCS1. The van der Waals surface area contributed by atoms with Gasteiger partial charge in [0.2, 0.25) is 10.0 Å². The molecule has 0 amide bonds. The van der Waals surface area contributed by atoms with Crippen molar-refractivity contribution in [2.24, 2.45) is 0 Å². The lowest BCUT2D eigenvalue weighted by Gasteiger charge is -2.29. The molecular formula is C12H14BrNO4S2. The number of carboxylic acid groups (broad SMARTS) is 1. The number of rotatable bonds is 3. The van der Waals surface area contributed by atoms with Crippen LogP contribution in [0.4, 0.5) is 0 Å². The van der Waals surface area contributed by atoms with Crippen molar-refractivity contribution >= 4 is 43.7 Å². The van der Waals surface area contributed by atoms with E-state index in [9.17, 15) is 13.2 Å². The van der Waals surface area contributed by atoms with Crippen LogP contribution in [0.5, 0.6) is 0 Å². The molecule has 20 heavy (non-hydrogen) atoms. The number of hydrogen-bond donors (Lipinski definition) is 1. The summed E-state index contributed by atoms with van der Waals surface area (Å²) in [5.74, 6) is -0.403. The van der Waals surface area contributed by atoms with Crippen molar-refractivity contribution in [3.63, 3.8) is 0 Å². The number of carboxylic acids is 1. The molecule has 0 radical (unpaired) electrons. The molecule has 0 saturated carbocycles. The second kappa shape index (κ2) is 6.05. The van der Waals surface area contributed by atoms with Crippen LogP contribution in [0.1, 0.15) is 17.3 Å². The molecule has 1 saturated heterocycles. The summed E-state index contributed by atoms with van der Waals surface area (Å²) in [6.45, 7) is 2.89. The Morgan fingerprint density at radius 1 is 1.50 bits per heavy atom. The zero-order valence-corrected chi connectivity index (χ0v) is 14.0. The third-order valence-electron chi connectivity index (χ3n) is 3.01. The highest BCUT2D eigenvalue weighted by molar-refractivity contribution is 9.10. The molecule has 8 heteroatoms. The Balaban J connectivity index is 2.39. The summed E-state index contributed by atoms with van der Waals surface area (Å²) in [6.07, 6.45) is 0. The molecule has 0 aromatic heterocycles. The molecule has 1 aromatic carbocycles. The highest BCUT2D eigenvalue weighted by Crippen LogP contribution is 2.27. The second-order valence-corrected chi connectivity index (χ2v) is 8.83. The van der Waals surface area contributed by atoms with Crippen molar-refractivity contribution in [3.8, 4) is 0 Å². The molecule has 1 aliphatic heterocycles. The van der Waals surface area contributed by atoms with Gasteiger partial charge < -0.3 is 5.11 Å². The lowest BCUT2D eigenvalue weighted by Crippen LogP contribution is -2.40. The number of aromatic carboxylic acids is 1. The molecular weight excluding hydrogens is 366 g/mol. The maximum atomic E-state index is 12.5. The summed E-state index contributed by atoms with van der Waals surface area (Å²) < 4.78 is 26.8. The highest BCUT2D eigenvalue weighted by atomic mass is 79.9. The number of sulfonamides is 1. The first-order valence-electron chi connectivity index (χ1n) is 5.97. The molecule has 1 fully saturated rings. The number of carbonyl (C=O) groups is 1. The topological polar surface area (TPSA) is 74.7 Å². The number of nitrogens with zero attached hydrogens (tertiary/aromatic N) is 1. The Morgan fingerprint density at radius 2 is 2.20 bits per heavy atom. The van der Waals surface area contributed by atoms with Gasteiger partial charge in [-0.25, -0.2) is 13.2 Å². The number of hydrogen-bond acceptors (Lipinski definition) is 4. The van der Waals surface area contributed by atoms with Crippen LogP contribution in [-0.2, 0) is 10.0 Å². The molecule has 1 N–H and O–H groups in total. The predicted octanol–water partition coefficient (Wildman–Crippen LogP) is 2.27. The van der Waals surface area contributed by atoms with Crippen LogP contribution in [0.2, 0.25) is 0 Å².